The summed E-state index contributed by atoms with van der Waals surface area (Å²) < 4.78 is 5.19. The van der Waals surface area contributed by atoms with Crippen LogP contribution in [-0.4, -0.2) is 23.3 Å². The van der Waals surface area contributed by atoms with E-state index in [0.29, 0.717) is 6.42 Å². The van der Waals surface area contributed by atoms with Gasteiger partial charge in [-0.15, -0.1) is 0 Å². The fourth-order valence-corrected chi connectivity index (χ4v) is 1.03. The van der Waals surface area contributed by atoms with Gasteiger partial charge in [0.25, 0.3) is 0 Å². The van der Waals surface area contributed by atoms with Crippen LogP contribution in [0.1, 0.15) is 40.5 Å². The van der Waals surface area contributed by atoms with E-state index in [1.165, 1.54) is 0 Å². The van der Waals surface area contributed by atoms with Crippen LogP contribution in [0.15, 0.2) is 0 Å². The molecule has 13 heavy (non-hydrogen) atoms. The van der Waals surface area contributed by atoms with Gasteiger partial charge in [-0.2, -0.15) is 0 Å². The van der Waals surface area contributed by atoms with Crippen LogP contribution in [0.3, 0.4) is 0 Å². The summed E-state index contributed by atoms with van der Waals surface area (Å²) in [6.07, 6.45) is 1.21. The second-order valence-corrected chi connectivity index (χ2v) is 4.15. The predicted octanol–water partition coefficient (Wildman–Crippen LogP) is 1.74. The Morgan fingerprint density at radius 2 is 2.00 bits per heavy atom. The highest BCUT2D eigenvalue weighted by molar-refractivity contribution is 5.72. The van der Waals surface area contributed by atoms with Gasteiger partial charge < -0.3 is 9.84 Å². The molecule has 78 valence electrons. The lowest BCUT2D eigenvalue weighted by Gasteiger charge is -2.22. The van der Waals surface area contributed by atoms with Crippen LogP contribution >= 0.6 is 0 Å². The molecule has 0 bridgehead atoms. The zero-order chi connectivity index (χ0) is 10.5. The topological polar surface area (TPSA) is 46.5 Å². The van der Waals surface area contributed by atoms with Crippen LogP contribution in [0.5, 0.6) is 0 Å². The minimum absolute atomic E-state index is 0.0394. The summed E-state index contributed by atoms with van der Waals surface area (Å²) >= 11 is 0. The summed E-state index contributed by atoms with van der Waals surface area (Å²) in [6.45, 7) is 7.49. The van der Waals surface area contributed by atoms with Crippen LogP contribution in [0, 0.1) is 5.92 Å². The molecule has 0 saturated heterocycles. The Bertz CT molecular complexity index is 158. The van der Waals surface area contributed by atoms with Crippen molar-refractivity contribution >= 4 is 5.97 Å². The summed E-state index contributed by atoms with van der Waals surface area (Å²) in [5, 5.41) is 8.71. The van der Waals surface area contributed by atoms with E-state index >= 15 is 0 Å². The Kier molecular flexibility index (Phi) is 4.99. The van der Waals surface area contributed by atoms with Crippen LogP contribution < -0.4 is 0 Å². The standard InChI is InChI=1S/C10H20O3/c1-5-8(6-7-11)9(12)13-10(2,3)4/h8,11H,5-7H2,1-4H3/t8-/m0/s1. The van der Waals surface area contributed by atoms with Gasteiger partial charge in [-0.1, -0.05) is 6.92 Å². The quantitative estimate of drug-likeness (QED) is 0.683. The lowest BCUT2D eigenvalue weighted by molar-refractivity contribution is -0.160. The summed E-state index contributed by atoms with van der Waals surface area (Å²) in [6, 6.07) is 0. The number of esters is 1. The molecule has 0 radical (unpaired) electrons. The smallest absolute Gasteiger partial charge is 0.309 e. The third-order valence-corrected chi connectivity index (χ3v) is 1.71. The Hall–Kier alpha value is -0.570. The molecule has 0 aliphatic carbocycles. The number of hydrogen-bond acceptors (Lipinski definition) is 3. The van der Waals surface area contributed by atoms with Crippen molar-refractivity contribution in [1.82, 2.24) is 0 Å². The third kappa shape index (κ3) is 5.64. The lowest BCUT2D eigenvalue weighted by atomic mass is 10.0. The molecule has 0 fully saturated rings. The number of aliphatic hydroxyl groups excluding tert-OH is 1. The molecule has 1 N–H and O–H groups in total. The molecular formula is C10H20O3. The molecule has 1 atom stereocenters. The normalized spacial score (nSPS) is 13.9. The van der Waals surface area contributed by atoms with Gasteiger partial charge in [0.2, 0.25) is 0 Å². The molecule has 0 rings (SSSR count). The Morgan fingerprint density at radius 1 is 1.46 bits per heavy atom. The molecule has 3 heteroatoms. The highest BCUT2D eigenvalue weighted by Gasteiger charge is 2.22. The second kappa shape index (κ2) is 5.22. The van der Waals surface area contributed by atoms with Crippen molar-refractivity contribution in [2.45, 2.75) is 46.1 Å². The van der Waals surface area contributed by atoms with Crippen molar-refractivity contribution < 1.29 is 14.6 Å². The van der Waals surface area contributed by atoms with Gasteiger partial charge in [-0.05, 0) is 33.6 Å². The van der Waals surface area contributed by atoms with Crippen LogP contribution in [0.4, 0.5) is 0 Å². The van der Waals surface area contributed by atoms with Crippen molar-refractivity contribution in [3.63, 3.8) is 0 Å². The van der Waals surface area contributed by atoms with Gasteiger partial charge in [0.05, 0.1) is 5.92 Å². The molecule has 0 aliphatic rings. The largest absolute Gasteiger partial charge is 0.460 e. The minimum atomic E-state index is -0.431. The van der Waals surface area contributed by atoms with Crippen molar-refractivity contribution in [2.24, 2.45) is 5.92 Å². The molecule has 0 amide bonds. The van der Waals surface area contributed by atoms with Crippen molar-refractivity contribution in [1.29, 1.82) is 0 Å². The molecule has 0 aromatic rings. The van der Waals surface area contributed by atoms with E-state index in [0.717, 1.165) is 6.42 Å². The van der Waals surface area contributed by atoms with E-state index in [9.17, 15) is 4.79 Å². The van der Waals surface area contributed by atoms with Gasteiger partial charge in [-0.25, -0.2) is 0 Å². The third-order valence-electron chi connectivity index (χ3n) is 1.71. The average Bonchev–Trinajstić information content (AvgIpc) is 1.96. The van der Waals surface area contributed by atoms with Gasteiger partial charge in [0.1, 0.15) is 5.60 Å². The van der Waals surface area contributed by atoms with Crippen molar-refractivity contribution in [2.75, 3.05) is 6.61 Å². The number of carbonyl (C=O) groups is 1. The molecule has 0 aromatic carbocycles. The Balaban J connectivity index is 4.06. The average molecular weight is 188 g/mol. The second-order valence-electron chi connectivity index (χ2n) is 4.15. The van der Waals surface area contributed by atoms with Gasteiger partial charge in [0, 0.05) is 6.61 Å². The first-order valence-corrected chi connectivity index (χ1v) is 4.74. The highest BCUT2D eigenvalue weighted by Crippen LogP contribution is 2.15. The zero-order valence-corrected chi connectivity index (χ0v) is 8.96. The predicted molar refractivity (Wildman–Crippen MR) is 51.3 cm³/mol. The fraction of sp³-hybridized carbons (Fsp3) is 0.900. The summed E-state index contributed by atoms with van der Waals surface area (Å²) in [5.41, 5.74) is -0.431. The van der Waals surface area contributed by atoms with Crippen LogP contribution in [-0.2, 0) is 9.53 Å². The molecule has 0 aromatic heterocycles. The SMILES string of the molecule is CC[C@@H](CCO)C(=O)OC(C)(C)C. The minimum Gasteiger partial charge on any atom is -0.460 e. The molecule has 0 unspecified atom stereocenters. The van der Waals surface area contributed by atoms with Gasteiger partial charge in [-0.3, -0.25) is 4.79 Å². The molecule has 0 heterocycles. The fourth-order valence-electron chi connectivity index (χ4n) is 1.03. The molecule has 0 saturated carbocycles. The zero-order valence-electron chi connectivity index (χ0n) is 8.96. The molecular weight excluding hydrogens is 168 g/mol. The molecule has 0 spiro atoms. The van der Waals surface area contributed by atoms with Gasteiger partial charge >= 0.3 is 5.97 Å². The summed E-state index contributed by atoms with van der Waals surface area (Å²) in [4.78, 5) is 11.4. The molecule has 3 nitrogen and oxygen atoms in total. The highest BCUT2D eigenvalue weighted by atomic mass is 16.6. The summed E-state index contributed by atoms with van der Waals surface area (Å²) in [7, 11) is 0. The van der Waals surface area contributed by atoms with Crippen molar-refractivity contribution in [3.05, 3.63) is 0 Å². The number of ether oxygens (including phenoxy) is 1. The van der Waals surface area contributed by atoms with E-state index in [1.54, 1.807) is 0 Å². The van der Waals surface area contributed by atoms with E-state index in [1.807, 2.05) is 27.7 Å². The number of carbonyl (C=O) groups excluding carboxylic acids is 1. The number of rotatable bonds is 4. The Morgan fingerprint density at radius 3 is 2.31 bits per heavy atom. The van der Waals surface area contributed by atoms with E-state index in [4.69, 9.17) is 9.84 Å². The van der Waals surface area contributed by atoms with Crippen molar-refractivity contribution in [3.8, 4) is 0 Å². The maximum atomic E-state index is 11.4. The Labute approximate surface area is 80.1 Å². The summed E-state index contributed by atoms with van der Waals surface area (Å²) in [5.74, 6) is -0.367. The van der Waals surface area contributed by atoms with E-state index in [-0.39, 0.29) is 18.5 Å². The first kappa shape index (κ1) is 12.4. The molecule has 0 aliphatic heterocycles. The lowest BCUT2D eigenvalue weighted by Crippen LogP contribution is -2.29. The van der Waals surface area contributed by atoms with Crippen LogP contribution in [0.2, 0.25) is 0 Å². The number of aliphatic hydroxyl groups is 1. The van der Waals surface area contributed by atoms with E-state index in [2.05, 4.69) is 0 Å². The first-order valence-electron chi connectivity index (χ1n) is 4.74. The maximum absolute atomic E-state index is 11.4. The monoisotopic (exact) mass is 188 g/mol. The van der Waals surface area contributed by atoms with Crippen LogP contribution in [0.25, 0.3) is 0 Å². The van der Waals surface area contributed by atoms with E-state index < -0.39 is 5.60 Å². The maximum Gasteiger partial charge on any atom is 0.309 e. The number of hydrogen-bond donors (Lipinski definition) is 1. The van der Waals surface area contributed by atoms with Gasteiger partial charge in [0.15, 0.2) is 0 Å². The first-order chi connectivity index (χ1) is 5.90.